The molecule has 210 valence electrons. The van der Waals surface area contributed by atoms with Crippen LogP contribution in [0.2, 0.25) is 0 Å². The number of carbonyl (C=O) groups is 1. The molecule has 1 saturated heterocycles. The highest BCUT2D eigenvalue weighted by Crippen LogP contribution is 2.33. The Kier molecular flexibility index (Phi) is 7.79. The van der Waals surface area contributed by atoms with Gasteiger partial charge in [-0.15, -0.1) is 0 Å². The van der Waals surface area contributed by atoms with Crippen LogP contribution in [0.1, 0.15) is 26.3 Å². The number of carbonyl (C=O) groups excluding carboxylic acids is 1. The summed E-state index contributed by atoms with van der Waals surface area (Å²) in [7, 11) is -3.10. The number of aromatic nitrogens is 4. The van der Waals surface area contributed by atoms with Crippen molar-refractivity contribution in [3.63, 3.8) is 0 Å². The zero-order valence-corrected chi connectivity index (χ0v) is 21.2. The van der Waals surface area contributed by atoms with Gasteiger partial charge in [0.1, 0.15) is 18.0 Å². The van der Waals surface area contributed by atoms with Crippen molar-refractivity contribution >= 4 is 15.9 Å². The van der Waals surface area contributed by atoms with Crippen LogP contribution >= 0.6 is 0 Å². The fourth-order valence-corrected chi connectivity index (χ4v) is 5.81. The summed E-state index contributed by atoms with van der Waals surface area (Å²) in [6, 6.07) is 2.54. The van der Waals surface area contributed by atoms with E-state index < -0.39 is 58.4 Å². The SMILES string of the molecule is COc1nc(CNC(=O)[C@@H]2C[C@@H](F)[C@H](C)N2S(=O)(=O)c2ccc(F)cc2)cc(-c2cnc(C(F)(F)F)nc2)n1.[HH]. The number of benzene rings is 1. The first-order chi connectivity index (χ1) is 18.3. The van der Waals surface area contributed by atoms with Gasteiger partial charge in [-0.05, 0) is 37.3 Å². The number of sulfonamides is 1. The van der Waals surface area contributed by atoms with E-state index in [0.29, 0.717) is 0 Å². The number of rotatable bonds is 7. The number of methoxy groups -OCH3 is 1. The van der Waals surface area contributed by atoms with Crippen molar-refractivity contribution in [2.45, 2.75) is 49.2 Å². The van der Waals surface area contributed by atoms with Crippen molar-refractivity contribution in [1.29, 1.82) is 0 Å². The third-order valence-corrected chi connectivity index (χ3v) is 7.97. The minimum absolute atomic E-state index is 0. The summed E-state index contributed by atoms with van der Waals surface area (Å²) in [6.45, 7) is 1.05. The Balaban J connectivity index is 0.00000441. The summed E-state index contributed by atoms with van der Waals surface area (Å²) in [5.41, 5.74) is 0.359. The third kappa shape index (κ3) is 5.95. The van der Waals surface area contributed by atoms with Crippen molar-refractivity contribution < 1.29 is 41.3 Å². The van der Waals surface area contributed by atoms with E-state index in [-0.39, 0.29) is 35.8 Å². The average Bonchev–Trinajstić information content (AvgIpc) is 3.21. The smallest absolute Gasteiger partial charge is 0.451 e. The Labute approximate surface area is 220 Å². The maximum absolute atomic E-state index is 14.6. The predicted octanol–water partition coefficient (Wildman–Crippen LogP) is 3.15. The quantitative estimate of drug-likeness (QED) is 0.427. The summed E-state index contributed by atoms with van der Waals surface area (Å²) in [6.07, 6.45) is -4.94. The molecule has 0 aliphatic carbocycles. The van der Waals surface area contributed by atoms with Crippen LogP contribution in [0.15, 0.2) is 47.6 Å². The van der Waals surface area contributed by atoms with Gasteiger partial charge in [0.05, 0.1) is 36.0 Å². The first-order valence-corrected chi connectivity index (χ1v) is 12.8. The van der Waals surface area contributed by atoms with Crippen molar-refractivity contribution in [1.82, 2.24) is 29.6 Å². The van der Waals surface area contributed by atoms with Crippen molar-refractivity contribution in [2.75, 3.05) is 7.11 Å². The number of ether oxygens (including phenoxy) is 1. The largest absolute Gasteiger partial charge is 0.467 e. The molecule has 1 amide bonds. The molecule has 1 N–H and O–H groups in total. The van der Waals surface area contributed by atoms with Gasteiger partial charge < -0.3 is 10.1 Å². The highest BCUT2D eigenvalue weighted by molar-refractivity contribution is 7.89. The second-order valence-corrected chi connectivity index (χ2v) is 10.4. The third-order valence-electron chi connectivity index (χ3n) is 5.96. The van der Waals surface area contributed by atoms with Crippen molar-refractivity contribution in [3.8, 4) is 17.3 Å². The monoisotopic (exact) mass is 574 g/mol. The Morgan fingerprint density at radius 2 is 1.82 bits per heavy atom. The van der Waals surface area contributed by atoms with Gasteiger partial charge in [0.15, 0.2) is 0 Å². The zero-order chi connectivity index (χ0) is 28.5. The summed E-state index contributed by atoms with van der Waals surface area (Å²) in [5, 5.41) is 2.51. The molecule has 10 nitrogen and oxygen atoms in total. The molecule has 2 aromatic heterocycles. The number of halogens is 5. The number of amides is 1. The molecule has 39 heavy (non-hydrogen) atoms. The van der Waals surface area contributed by atoms with Gasteiger partial charge >= 0.3 is 12.2 Å². The molecule has 0 spiro atoms. The Bertz CT molecular complexity index is 1460. The molecule has 0 bridgehead atoms. The van der Waals surface area contributed by atoms with Crippen LogP contribution in [0, 0.1) is 5.82 Å². The number of hydrogen-bond donors (Lipinski definition) is 1. The van der Waals surface area contributed by atoms with Crippen LogP contribution in [0.3, 0.4) is 0 Å². The van der Waals surface area contributed by atoms with Crippen LogP contribution in [0.4, 0.5) is 22.0 Å². The summed E-state index contributed by atoms with van der Waals surface area (Å²) in [4.78, 5) is 27.5. The van der Waals surface area contributed by atoms with E-state index in [9.17, 15) is 35.2 Å². The van der Waals surface area contributed by atoms with E-state index in [1.807, 2.05) is 0 Å². The van der Waals surface area contributed by atoms with E-state index in [1.54, 1.807) is 0 Å². The Hall–Kier alpha value is -3.79. The molecule has 0 unspecified atom stereocenters. The topological polar surface area (TPSA) is 127 Å². The van der Waals surface area contributed by atoms with Gasteiger partial charge in [-0.25, -0.2) is 27.2 Å². The lowest BCUT2D eigenvalue weighted by atomic mass is 10.1. The van der Waals surface area contributed by atoms with E-state index in [0.717, 1.165) is 41.0 Å². The van der Waals surface area contributed by atoms with Gasteiger partial charge in [-0.1, -0.05) is 0 Å². The normalized spacial score (nSPS) is 20.1. The number of hydrogen-bond acceptors (Lipinski definition) is 8. The van der Waals surface area contributed by atoms with Gasteiger partial charge in [0, 0.05) is 25.8 Å². The number of alkyl halides is 4. The maximum atomic E-state index is 14.6. The molecule has 1 aromatic carbocycles. The van der Waals surface area contributed by atoms with Crippen LogP contribution in [0.5, 0.6) is 6.01 Å². The molecule has 4 rings (SSSR count). The minimum Gasteiger partial charge on any atom is -0.467 e. The first-order valence-electron chi connectivity index (χ1n) is 11.3. The summed E-state index contributed by atoms with van der Waals surface area (Å²) in [5.74, 6) is -2.81. The van der Waals surface area contributed by atoms with E-state index in [2.05, 4.69) is 25.3 Å². The Morgan fingerprint density at radius 1 is 1.18 bits per heavy atom. The lowest BCUT2D eigenvalue weighted by Gasteiger charge is -2.26. The lowest BCUT2D eigenvalue weighted by Crippen LogP contribution is -2.48. The second-order valence-electron chi connectivity index (χ2n) is 8.54. The average molecular weight is 575 g/mol. The standard InChI is InChI=1S/C23H21F5N6O4S.H2/c1-12-17(25)8-19(34(12)39(36,37)16-5-3-14(24)4-6-16)20(35)29-11-15-7-18(33-22(32-15)38-2)13-9-30-21(31-10-13)23(26,27)28;/h3-7,9-10,12,17,19H,8,11H2,1-2H3,(H,29,35);1H/t12-,17+,19-;/m0./s1. The molecule has 1 aliphatic heterocycles. The highest BCUT2D eigenvalue weighted by atomic mass is 32.2. The maximum Gasteiger partial charge on any atom is 0.451 e. The zero-order valence-electron chi connectivity index (χ0n) is 20.4. The van der Waals surface area contributed by atoms with Gasteiger partial charge in [-0.3, -0.25) is 4.79 Å². The highest BCUT2D eigenvalue weighted by Gasteiger charge is 2.49. The molecule has 3 atom stereocenters. The molecule has 3 heterocycles. The van der Waals surface area contributed by atoms with E-state index >= 15 is 0 Å². The molecule has 3 aromatic rings. The number of nitrogens with zero attached hydrogens (tertiary/aromatic N) is 5. The van der Waals surface area contributed by atoms with Crippen molar-refractivity contribution in [3.05, 3.63) is 60.1 Å². The van der Waals surface area contributed by atoms with Gasteiger partial charge in [-0.2, -0.15) is 27.4 Å². The molecule has 1 fully saturated rings. The number of nitrogens with one attached hydrogen (secondary N) is 1. The van der Waals surface area contributed by atoms with E-state index in [1.165, 1.54) is 20.1 Å². The Morgan fingerprint density at radius 3 is 2.41 bits per heavy atom. The first kappa shape index (κ1) is 28.2. The van der Waals surface area contributed by atoms with E-state index in [4.69, 9.17) is 4.74 Å². The van der Waals surface area contributed by atoms with Gasteiger partial charge in [0.2, 0.25) is 21.8 Å². The molecular weight excluding hydrogens is 551 g/mol. The molecule has 16 heteroatoms. The van der Waals surface area contributed by atoms with Crippen LogP contribution < -0.4 is 10.1 Å². The second kappa shape index (κ2) is 10.8. The van der Waals surface area contributed by atoms with Crippen LogP contribution in [0.25, 0.3) is 11.3 Å². The fraction of sp³-hybridized carbons (Fsp3) is 0.348. The van der Waals surface area contributed by atoms with Crippen molar-refractivity contribution in [2.24, 2.45) is 0 Å². The molecule has 1 aliphatic rings. The van der Waals surface area contributed by atoms with Gasteiger partial charge in [0.25, 0.3) is 0 Å². The van der Waals surface area contributed by atoms with Crippen LogP contribution in [-0.4, -0.2) is 63.9 Å². The molecular formula is C23H23F5N6O4S. The summed E-state index contributed by atoms with van der Waals surface area (Å²) < 4.78 is 98.5. The molecule has 0 radical (unpaired) electrons. The fourth-order valence-electron chi connectivity index (χ4n) is 4.00. The molecule has 0 saturated carbocycles. The minimum atomic E-state index is -4.73. The summed E-state index contributed by atoms with van der Waals surface area (Å²) >= 11 is 0. The lowest BCUT2D eigenvalue weighted by molar-refractivity contribution is -0.145. The predicted molar refractivity (Wildman–Crippen MR) is 127 cm³/mol. The van der Waals surface area contributed by atoms with Crippen LogP contribution in [-0.2, 0) is 27.5 Å².